The first kappa shape index (κ1) is 21.7. The summed E-state index contributed by atoms with van der Waals surface area (Å²) in [4.78, 5) is 25.0. The second kappa shape index (κ2) is 8.01. The molecule has 0 bridgehead atoms. The lowest BCUT2D eigenvalue weighted by atomic mass is 9.73. The van der Waals surface area contributed by atoms with Crippen molar-refractivity contribution in [1.82, 2.24) is 14.5 Å². The van der Waals surface area contributed by atoms with Crippen LogP contribution in [0.5, 0.6) is 0 Å². The Kier molecular flexibility index (Phi) is 5.43. The minimum atomic E-state index is -0.311. The molecular formula is C24H27Cl2N5O. The number of allylic oxidation sites excluding steroid dienone is 4. The normalized spacial score (nSPS) is 24.3. The molecule has 2 N–H and O–H groups in total. The summed E-state index contributed by atoms with van der Waals surface area (Å²) in [7, 11) is 0. The first-order chi connectivity index (χ1) is 15.3. The van der Waals surface area contributed by atoms with E-state index in [1.807, 2.05) is 32.2 Å². The summed E-state index contributed by atoms with van der Waals surface area (Å²) in [5, 5.41) is 0.956. The lowest BCUT2D eigenvalue weighted by Crippen LogP contribution is -2.45. The average Bonchev–Trinajstić information content (AvgIpc) is 3.06. The molecule has 1 saturated heterocycles. The number of aromatic nitrogens is 3. The zero-order valence-electron chi connectivity index (χ0n) is 18.3. The summed E-state index contributed by atoms with van der Waals surface area (Å²) in [6.07, 6.45) is 9.01. The zero-order valence-corrected chi connectivity index (χ0v) is 19.8. The number of piperidine rings is 1. The van der Waals surface area contributed by atoms with Gasteiger partial charge in [-0.1, -0.05) is 35.3 Å². The molecule has 2 aromatic rings. The summed E-state index contributed by atoms with van der Waals surface area (Å²) in [5.74, 6) is 1.41. The van der Waals surface area contributed by atoms with E-state index in [-0.39, 0.29) is 23.1 Å². The maximum atomic E-state index is 13.4. The minimum absolute atomic E-state index is 0.00942. The van der Waals surface area contributed by atoms with Crippen LogP contribution >= 0.6 is 23.2 Å². The number of anilines is 1. The van der Waals surface area contributed by atoms with E-state index in [2.05, 4.69) is 16.0 Å². The summed E-state index contributed by atoms with van der Waals surface area (Å²) in [6, 6.07) is 3.77. The highest BCUT2D eigenvalue weighted by Crippen LogP contribution is 2.50. The molecular weight excluding hydrogens is 445 g/mol. The second-order valence-corrected chi connectivity index (χ2v) is 9.99. The Morgan fingerprint density at radius 2 is 1.97 bits per heavy atom. The Labute approximate surface area is 197 Å². The molecule has 2 aromatic heterocycles. The number of rotatable bonds is 2. The van der Waals surface area contributed by atoms with Gasteiger partial charge in [0.05, 0.1) is 21.7 Å². The highest BCUT2D eigenvalue weighted by molar-refractivity contribution is 6.40. The molecule has 8 heteroatoms. The van der Waals surface area contributed by atoms with Crippen LogP contribution in [0, 0.1) is 19.3 Å². The molecule has 0 radical (unpaired) electrons. The van der Waals surface area contributed by atoms with E-state index in [0.717, 1.165) is 43.9 Å². The summed E-state index contributed by atoms with van der Waals surface area (Å²) >= 11 is 12.7. The smallest absolute Gasteiger partial charge is 0.259 e. The van der Waals surface area contributed by atoms with Crippen LogP contribution in [0.2, 0.25) is 0 Å². The monoisotopic (exact) mass is 471 g/mol. The van der Waals surface area contributed by atoms with Crippen LogP contribution in [0.15, 0.2) is 45.3 Å². The molecule has 1 fully saturated rings. The quantitative estimate of drug-likeness (QED) is 0.706. The van der Waals surface area contributed by atoms with Crippen molar-refractivity contribution in [1.29, 1.82) is 0 Å². The second-order valence-electron chi connectivity index (χ2n) is 9.18. The van der Waals surface area contributed by atoms with E-state index >= 15 is 0 Å². The van der Waals surface area contributed by atoms with Crippen molar-refractivity contribution >= 4 is 29.0 Å². The molecule has 0 aromatic carbocycles. The molecule has 168 valence electrons. The van der Waals surface area contributed by atoms with Crippen molar-refractivity contribution < 1.29 is 0 Å². The maximum Gasteiger partial charge on any atom is 0.259 e. The van der Waals surface area contributed by atoms with Gasteiger partial charge in [-0.05, 0) is 62.7 Å². The number of hydrogen-bond donors (Lipinski definition) is 1. The van der Waals surface area contributed by atoms with E-state index in [4.69, 9.17) is 33.9 Å². The molecule has 0 saturated carbocycles. The standard InChI is InChI=1S/C24H27Cl2N5O/c1-14-22(29-15(2)31(23(14)32)19-7-3-6-17(25)20(19)26)30-11-8-24(9-12-30)13-18-16(21(24)27)5-4-10-28-18/h3-6,10,19,21H,7-9,11-13,27H2,1-2H3/t19?,21-/m0/s1. The fraction of sp³-hybridized carbons (Fsp3) is 0.458. The molecule has 1 aliphatic heterocycles. The van der Waals surface area contributed by atoms with Gasteiger partial charge in [-0.15, -0.1) is 0 Å². The van der Waals surface area contributed by atoms with E-state index in [0.29, 0.717) is 27.9 Å². The van der Waals surface area contributed by atoms with Crippen LogP contribution in [0.1, 0.15) is 54.0 Å². The van der Waals surface area contributed by atoms with Crippen LogP contribution in [-0.2, 0) is 6.42 Å². The molecule has 1 unspecified atom stereocenters. The highest BCUT2D eigenvalue weighted by Gasteiger charge is 2.46. The summed E-state index contributed by atoms with van der Waals surface area (Å²) in [5.41, 5.74) is 9.61. The van der Waals surface area contributed by atoms with Crippen molar-refractivity contribution in [3.8, 4) is 0 Å². The third kappa shape index (κ3) is 3.31. The molecule has 2 aliphatic carbocycles. The highest BCUT2D eigenvalue weighted by atomic mass is 35.5. The number of pyridine rings is 1. The molecule has 3 heterocycles. The van der Waals surface area contributed by atoms with Gasteiger partial charge in [0, 0.05) is 31.0 Å². The number of fused-ring (bicyclic) bond motifs is 1. The van der Waals surface area contributed by atoms with Gasteiger partial charge >= 0.3 is 0 Å². The van der Waals surface area contributed by atoms with Crippen molar-refractivity contribution in [2.45, 2.75) is 51.6 Å². The Hall–Kier alpha value is -2.15. The zero-order chi connectivity index (χ0) is 22.6. The number of nitrogens with two attached hydrogens (primary N) is 1. The fourth-order valence-electron chi connectivity index (χ4n) is 5.56. The van der Waals surface area contributed by atoms with Crippen LogP contribution in [0.25, 0.3) is 0 Å². The Balaban J connectivity index is 1.41. The topological polar surface area (TPSA) is 77.0 Å². The number of aryl methyl sites for hydroxylation is 1. The minimum Gasteiger partial charge on any atom is -0.356 e. The number of nitrogens with zero attached hydrogens (tertiary/aromatic N) is 4. The molecule has 2 atom stereocenters. The number of hydrogen-bond acceptors (Lipinski definition) is 5. The van der Waals surface area contributed by atoms with Gasteiger partial charge in [-0.25, -0.2) is 4.98 Å². The molecule has 5 rings (SSSR count). The first-order valence-corrected chi connectivity index (χ1v) is 11.8. The van der Waals surface area contributed by atoms with Crippen LogP contribution < -0.4 is 16.2 Å². The third-order valence-electron chi connectivity index (χ3n) is 7.45. The maximum absolute atomic E-state index is 13.4. The lowest BCUT2D eigenvalue weighted by Gasteiger charge is -2.43. The van der Waals surface area contributed by atoms with E-state index < -0.39 is 0 Å². The van der Waals surface area contributed by atoms with Crippen molar-refractivity contribution in [3.63, 3.8) is 0 Å². The van der Waals surface area contributed by atoms with Crippen LogP contribution in [0.3, 0.4) is 0 Å². The lowest BCUT2D eigenvalue weighted by molar-refractivity contribution is 0.186. The van der Waals surface area contributed by atoms with Gasteiger partial charge in [-0.3, -0.25) is 14.3 Å². The van der Waals surface area contributed by atoms with E-state index in [1.165, 1.54) is 5.56 Å². The predicted molar refractivity (Wildman–Crippen MR) is 128 cm³/mol. The van der Waals surface area contributed by atoms with Gasteiger partial charge in [-0.2, -0.15) is 0 Å². The Bertz CT molecular complexity index is 1190. The fourth-order valence-corrected chi connectivity index (χ4v) is 6.02. The molecule has 1 spiro atoms. The van der Waals surface area contributed by atoms with Gasteiger partial charge in [0.2, 0.25) is 0 Å². The van der Waals surface area contributed by atoms with Crippen LogP contribution in [0.4, 0.5) is 5.82 Å². The van der Waals surface area contributed by atoms with Crippen molar-refractivity contribution in [2.75, 3.05) is 18.0 Å². The SMILES string of the molecule is Cc1c(N2CCC3(CC2)Cc2ncccc2[C@@H]3N)nc(C)n(C2CC=CC(Cl)=C2Cl)c1=O. The van der Waals surface area contributed by atoms with Gasteiger partial charge < -0.3 is 10.6 Å². The van der Waals surface area contributed by atoms with Gasteiger partial charge in [0.15, 0.2) is 0 Å². The van der Waals surface area contributed by atoms with Gasteiger partial charge in [0.25, 0.3) is 5.56 Å². The summed E-state index contributed by atoms with van der Waals surface area (Å²) < 4.78 is 1.67. The van der Waals surface area contributed by atoms with Crippen LogP contribution in [-0.4, -0.2) is 27.6 Å². The molecule has 3 aliphatic rings. The van der Waals surface area contributed by atoms with Gasteiger partial charge in [0.1, 0.15) is 11.6 Å². The van der Waals surface area contributed by atoms with Crippen molar-refractivity contribution in [2.24, 2.45) is 11.1 Å². The molecule has 32 heavy (non-hydrogen) atoms. The Morgan fingerprint density at radius 3 is 2.69 bits per heavy atom. The largest absolute Gasteiger partial charge is 0.356 e. The molecule has 6 nitrogen and oxygen atoms in total. The first-order valence-electron chi connectivity index (χ1n) is 11.1. The van der Waals surface area contributed by atoms with Crippen molar-refractivity contribution in [3.05, 3.63) is 73.5 Å². The Morgan fingerprint density at radius 1 is 1.22 bits per heavy atom. The average molecular weight is 472 g/mol. The predicted octanol–water partition coefficient (Wildman–Crippen LogP) is 4.29. The van der Waals surface area contributed by atoms with E-state index in [9.17, 15) is 4.79 Å². The third-order valence-corrected chi connectivity index (χ3v) is 8.33. The van der Waals surface area contributed by atoms with E-state index in [1.54, 1.807) is 10.6 Å². The summed E-state index contributed by atoms with van der Waals surface area (Å²) in [6.45, 7) is 5.35. The number of halogens is 2. The molecule has 0 amide bonds.